The van der Waals surface area contributed by atoms with Crippen LogP contribution < -0.4 is 11.5 Å². The Kier molecular flexibility index (Phi) is 7.48. The SMILES string of the molecule is [B]P1(=O)OC[C@H]2O[C@@H](n3cnc4c(N)ncnc43)C(F)[C@H]2OP(O)(=S)OC[C@H]2O[C@@H](n3cnc4c(N)ccnc43)[C@@H](F)C2O1. The fourth-order valence-electron chi connectivity index (χ4n) is 5.28. The number of nitrogen functional groups attached to an aromatic ring is 2. The maximum atomic E-state index is 16.0. The largest absolute Gasteiger partial charge is 0.397 e. The molecule has 232 valence electrons. The summed E-state index contributed by atoms with van der Waals surface area (Å²) in [5, 5.41) is 0. The van der Waals surface area contributed by atoms with E-state index < -0.39 is 76.6 Å². The maximum Gasteiger partial charge on any atom is 0.325 e. The van der Waals surface area contributed by atoms with Crippen LogP contribution in [0.2, 0.25) is 0 Å². The van der Waals surface area contributed by atoms with Gasteiger partial charge in [0.2, 0.25) is 7.57 Å². The van der Waals surface area contributed by atoms with Gasteiger partial charge in [-0.1, -0.05) is 0 Å². The van der Waals surface area contributed by atoms with E-state index in [4.69, 9.17) is 58.4 Å². The van der Waals surface area contributed by atoms with Crippen LogP contribution in [0.1, 0.15) is 12.5 Å². The number of fused-ring (bicyclic) bond motifs is 4. The molecule has 3 saturated heterocycles. The Morgan fingerprint density at radius 3 is 2.18 bits per heavy atom. The third kappa shape index (κ3) is 5.20. The van der Waals surface area contributed by atoms with Gasteiger partial charge in [-0.2, -0.15) is 0 Å². The molecule has 10 atom stereocenters. The van der Waals surface area contributed by atoms with Crippen LogP contribution in [0.25, 0.3) is 22.3 Å². The number of anilines is 2. The van der Waals surface area contributed by atoms with Gasteiger partial charge in [0.05, 0.1) is 31.6 Å². The van der Waals surface area contributed by atoms with Crippen LogP contribution in [0.15, 0.2) is 31.2 Å². The highest BCUT2D eigenvalue weighted by Crippen LogP contribution is 2.54. The lowest BCUT2D eigenvalue weighted by Gasteiger charge is -2.29. The van der Waals surface area contributed by atoms with Gasteiger partial charge in [-0.05, 0) is 17.9 Å². The van der Waals surface area contributed by atoms with E-state index in [1.54, 1.807) is 0 Å². The fraction of sp³-hybridized carbons (Fsp3) is 0.476. The van der Waals surface area contributed by atoms with E-state index in [-0.39, 0.29) is 22.6 Å². The topological polar surface area (TPSA) is 219 Å². The molecular weight excluding hydrogens is 649 g/mol. The summed E-state index contributed by atoms with van der Waals surface area (Å²) in [5.74, 6) is 0.0523. The van der Waals surface area contributed by atoms with Crippen LogP contribution >= 0.6 is 14.2 Å². The van der Waals surface area contributed by atoms with Crippen molar-refractivity contribution in [2.75, 3.05) is 24.7 Å². The van der Waals surface area contributed by atoms with Crippen molar-refractivity contribution in [3.8, 4) is 0 Å². The second-order valence-corrected chi connectivity index (χ2v) is 14.4. The predicted molar refractivity (Wildman–Crippen MR) is 151 cm³/mol. The summed E-state index contributed by atoms with van der Waals surface area (Å²) in [6, 6.07) is 1.52. The number of nitrogens with two attached hydrogens (primary N) is 2. The van der Waals surface area contributed by atoms with Crippen molar-refractivity contribution < 1.29 is 45.8 Å². The molecule has 0 aliphatic carbocycles. The summed E-state index contributed by atoms with van der Waals surface area (Å²) in [7, 11) is 1.28. The highest BCUT2D eigenvalue weighted by molar-refractivity contribution is 8.07. The number of pyridine rings is 1. The Morgan fingerprint density at radius 2 is 1.50 bits per heavy atom. The van der Waals surface area contributed by atoms with Gasteiger partial charge in [0.15, 0.2) is 41.9 Å². The third-order valence-electron chi connectivity index (χ3n) is 7.31. The van der Waals surface area contributed by atoms with Gasteiger partial charge >= 0.3 is 6.72 Å². The van der Waals surface area contributed by atoms with Crippen LogP contribution in [0, 0.1) is 0 Å². The zero-order chi connectivity index (χ0) is 31.0. The molecule has 17 nitrogen and oxygen atoms in total. The number of halogens is 2. The first-order chi connectivity index (χ1) is 20.9. The summed E-state index contributed by atoms with van der Waals surface area (Å²) >= 11 is 5.15. The van der Waals surface area contributed by atoms with E-state index in [1.807, 2.05) is 0 Å². The molecule has 23 heteroatoms. The van der Waals surface area contributed by atoms with Crippen LogP contribution in [-0.4, -0.2) is 96.5 Å². The van der Waals surface area contributed by atoms with Gasteiger partial charge in [-0.25, -0.2) is 33.7 Å². The first-order valence-corrected chi connectivity index (χ1v) is 17.1. The number of nitrogens with zero attached hydrogens (tertiary/aromatic N) is 7. The molecule has 0 saturated carbocycles. The molecule has 5 N–H and O–H groups in total. The van der Waals surface area contributed by atoms with Gasteiger partial charge in [0, 0.05) is 6.20 Å². The van der Waals surface area contributed by atoms with Crippen molar-refractivity contribution in [2.24, 2.45) is 0 Å². The van der Waals surface area contributed by atoms with Crippen molar-refractivity contribution in [2.45, 2.75) is 49.2 Å². The number of hydrogen-bond acceptors (Lipinski definition) is 15. The maximum absolute atomic E-state index is 16.0. The highest BCUT2D eigenvalue weighted by Gasteiger charge is 2.53. The molecule has 0 amide bonds. The molecule has 0 aromatic carbocycles. The molecule has 2 radical (unpaired) electrons. The van der Waals surface area contributed by atoms with Crippen molar-refractivity contribution in [1.82, 2.24) is 34.1 Å². The zero-order valence-electron chi connectivity index (χ0n) is 22.1. The molecule has 0 spiro atoms. The van der Waals surface area contributed by atoms with Crippen molar-refractivity contribution in [3.05, 3.63) is 31.2 Å². The second kappa shape index (κ2) is 11.0. The average Bonchev–Trinajstić information content (AvgIpc) is 3.73. The fourth-order valence-corrected chi connectivity index (χ4v) is 7.72. The lowest BCUT2D eigenvalue weighted by molar-refractivity contribution is -0.0566. The van der Waals surface area contributed by atoms with E-state index in [9.17, 15) is 9.46 Å². The number of alkyl halides is 2. The minimum absolute atomic E-state index is 0.0523. The molecule has 4 aromatic rings. The molecule has 4 unspecified atom stereocenters. The second-order valence-electron chi connectivity index (χ2n) is 10.1. The number of aromatic nitrogens is 7. The highest BCUT2D eigenvalue weighted by atomic mass is 32.5. The average molecular weight is 671 g/mol. The monoisotopic (exact) mass is 671 g/mol. The molecule has 3 aliphatic heterocycles. The first-order valence-electron chi connectivity index (χ1n) is 12.9. The molecule has 44 heavy (non-hydrogen) atoms. The molecule has 7 rings (SSSR count). The predicted octanol–water partition coefficient (Wildman–Crippen LogP) is 1.22. The zero-order valence-corrected chi connectivity index (χ0v) is 24.8. The van der Waals surface area contributed by atoms with Crippen LogP contribution in [0.3, 0.4) is 0 Å². The minimum atomic E-state index is -4.56. The van der Waals surface area contributed by atoms with E-state index in [0.717, 1.165) is 6.33 Å². The van der Waals surface area contributed by atoms with E-state index in [2.05, 4.69) is 24.9 Å². The standard InChI is InChI=1S/C21H22BF2N9O8P2S/c22-42(34)36-3-9-16(12(24)21(38-9)33-7-31-14-17(26)28-5-29-19(14)33)41-43(35,44)37-4-10-15(40-42)11(23)20(39-10)32-6-30-13-8(25)1-2-27-18(13)32/h1-2,5-7,9-12,15-16,20-21H,3-4H2,(H2,25,27)(H,35,44)(H2,26,28,29)/t9-,10-,11+,12?,15?,16+,20-,21-,42?,43?/m1/s1. The Labute approximate surface area is 252 Å². The molecule has 0 bridgehead atoms. The minimum Gasteiger partial charge on any atom is -0.397 e. The van der Waals surface area contributed by atoms with Gasteiger partial charge in [-0.3, -0.25) is 18.2 Å². The number of hydrogen-bond donors (Lipinski definition) is 3. The lowest BCUT2D eigenvalue weighted by Crippen LogP contribution is -2.37. The Morgan fingerprint density at radius 1 is 0.909 bits per heavy atom. The smallest absolute Gasteiger partial charge is 0.325 e. The Bertz CT molecular complexity index is 1710. The number of imidazole rings is 2. The van der Waals surface area contributed by atoms with Crippen molar-refractivity contribution in [1.29, 1.82) is 0 Å². The molecule has 4 aromatic heterocycles. The summed E-state index contributed by atoms with van der Waals surface area (Å²) in [6.45, 7) is -5.56. The Hall–Kier alpha value is -2.71. The van der Waals surface area contributed by atoms with Gasteiger partial charge in [-0.15, -0.1) is 0 Å². The summed E-state index contributed by atoms with van der Waals surface area (Å²) < 4.78 is 81.1. The first kappa shape index (κ1) is 30.0. The van der Waals surface area contributed by atoms with Crippen LogP contribution in [0.5, 0.6) is 0 Å². The summed E-state index contributed by atoms with van der Waals surface area (Å²) in [6.07, 6.45) is -7.79. The van der Waals surface area contributed by atoms with Gasteiger partial charge in [0.25, 0.3) is 7.47 Å². The molecular formula is C21H22BF2N9O8P2S. The van der Waals surface area contributed by atoms with E-state index in [0.29, 0.717) is 11.2 Å². The molecule has 7 heterocycles. The van der Waals surface area contributed by atoms with Crippen molar-refractivity contribution in [3.63, 3.8) is 0 Å². The Balaban J connectivity index is 1.17. The van der Waals surface area contributed by atoms with E-state index in [1.165, 1.54) is 34.1 Å². The quantitative estimate of drug-likeness (QED) is 0.201. The van der Waals surface area contributed by atoms with Gasteiger partial charge < -0.3 is 39.4 Å². The number of rotatable bonds is 2. The molecule has 3 aliphatic rings. The van der Waals surface area contributed by atoms with Crippen LogP contribution in [0.4, 0.5) is 20.3 Å². The third-order valence-corrected chi connectivity index (χ3v) is 9.91. The summed E-state index contributed by atoms with van der Waals surface area (Å²) in [4.78, 5) is 31.3. The summed E-state index contributed by atoms with van der Waals surface area (Å²) in [5.41, 5.74) is 12.9. The van der Waals surface area contributed by atoms with E-state index >= 15 is 8.78 Å². The number of ether oxygens (including phenoxy) is 2. The van der Waals surface area contributed by atoms with Crippen molar-refractivity contribution >= 4 is 67.4 Å². The normalized spacial score (nSPS) is 38.2. The van der Waals surface area contributed by atoms with Gasteiger partial charge in [0.1, 0.15) is 41.8 Å². The molecule has 3 fully saturated rings. The lowest BCUT2D eigenvalue weighted by atomic mass is 10.1. The van der Waals surface area contributed by atoms with Crippen LogP contribution in [-0.2, 0) is 43.9 Å².